The molecule has 2 nitrogen and oxygen atoms in total. The molecule has 57 valence electrons. The summed E-state index contributed by atoms with van der Waals surface area (Å²) >= 11 is 0. The molecule has 1 aromatic carbocycles. The molecule has 0 atom stereocenters. The SMILES string of the molecule is COc1[c-]cc(C)c(N)c1.[Y]. The van der Waals surface area contributed by atoms with Gasteiger partial charge in [0.15, 0.2) is 0 Å². The van der Waals surface area contributed by atoms with Crippen LogP contribution in [0.1, 0.15) is 5.56 Å². The fourth-order valence-electron chi connectivity index (χ4n) is 0.677. The molecule has 1 aromatic rings. The third-order valence-corrected chi connectivity index (χ3v) is 1.39. The predicted molar refractivity (Wildman–Crippen MR) is 41.0 cm³/mol. The summed E-state index contributed by atoms with van der Waals surface area (Å²) in [5.74, 6) is 0.683. The maximum atomic E-state index is 5.60. The topological polar surface area (TPSA) is 35.2 Å². The van der Waals surface area contributed by atoms with Crippen molar-refractivity contribution in [3.8, 4) is 5.75 Å². The molecule has 1 rings (SSSR count). The van der Waals surface area contributed by atoms with Gasteiger partial charge >= 0.3 is 0 Å². The molecule has 11 heavy (non-hydrogen) atoms. The van der Waals surface area contributed by atoms with E-state index < -0.39 is 0 Å². The number of anilines is 1. The first-order valence-electron chi connectivity index (χ1n) is 3.06. The van der Waals surface area contributed by atoms with Gasteiger partial charge < -0.3 is 10.5 Å². The molecular weight excluding hydrogens is 215 g/mol. The second-order valence-electron chi connectivity index (χ2n) is 2.14. The Bertz CT molecular complexity index is 238. The van der Waals surface area contributed by atoms with Crippen molar-refractivity contribution in [2.24, 2.45) is 0 Å². The van der Waals surface area contributed by atoms with Gasteiger partial charge in [0.2, 0.25) is 0 Å². The minimum atomic E-state index is 0. The summed E-state index contributed by atoms with van der Waals surface area (Å²) in [6.07, 6.45) is 0. The van der Waals surface area contributed by atoms with Crippen molar-refractivity contribution in [2.45, 2.75) is 6.92 Å². The number of hydrogen-bond acceptors (Lipinski definition) is 2. The van der Waals surface area contributed by atoms with Gasteiger partial charge in [0.25, 0.3) is 0 Å². The van der Waals surface area contributed by atoms with E-state index in [4.69, 9.17) is 10.5 Å². The summed E-state index contributed by atoms with van der Waals surface area (Å²) in [4.78, 5) is 0. The van der Waals surface area contributed by atoms with Crippen LogP contribution >= 0.6 is 0 Å². The molecule has 0 amide bonds. The predicted octanol–water partition coefficient (Wildman–Crippen LogP) is 1.38. The van der Waals surface area contributed by atoms with Crippen LogP contribution in [0.5, 0.6) is 5.75 Å². The van der Waals surface area contributed by atoms with Crippen molar-refractivity contribution < 1.29 is 37.4 Å². The molecule has 0 bridgehead atoms. The molecule has 0 unspecified atom stereocenters. The minimum Gasteiger partial charge on any atom is -0.523 e. The fraction of sp³-hybridized carbons (Fsp3) is 0.250. The van der Waals surface area contributed by atoms with Crippen LogP contribution in [0, 0.1) is 13.0 Å². The molecule has 0 fully saturated rings. The van der Waals surface area contributed by atoms with Crippen LogP contribution < -0.4 is 10.5 Å². The first-order chi connectivity index (χ1) is 4.74. The molecule has 0 heterocycles. The van der Waals surface area contributed by atoms with E-state index in [0.717, 1.165) is 11.3 Å². The Balaban J connectivity index is 0.000001000. The average Bonchev–Trinajstić information content (AvgIpc) is 1.95. The molecule has 1 radical (unpaired) electrons. The molecule has 0 aliphatic rings. The number of benzene rings is 1. The van der Waals surface area contributed by atoms with Crippen molar-refractivity contribution >= 4 is 5.69 Å². The van der Waals surface area contributed by atoms with Gasteiger partial charge in [-0.1, -0.05) is 12.6 Å². The summed E-state index contributed by atoms with van der Waals surface area (Å²) in [5, 5.41) is 0. The first-order valence-corrected chi connectivity index (χ1v) is 3.06. The van der Waals surface area contributed by atoms with Gasteiger partial charge in [-0.05, 0) is 0 Å². The number of hydrogen-bond donors (Lipinski definition) is 1. The van der Waals surface area contributed by atoms with Crippen LogP contribution in [-0.4, -0.2) is 7.11 Å². The second kappa shape index (κ2) is 4.73. The number of rotatable bonds is 1. The molecule has 0 aliphatic heterocycles. The van der Waals surface area contributed by atoms with Crippen molar-refractivity contribution in [3.05, 3.63) is 23.8 Å². The van der Waals surface area contributed by atoms with Crippen molar-refractivity contribution in [3.63, 3.8) is 0 Å². The van der Waals surface area contributed by atoms with E-state index in [1.165, 1.54) is 0 Å². The summed E-state index contributed by atoms with van der Waals surface area (Å²) in [6, 6.07) is 6.50. The minimum absolute atomic E-state index is 0. The zero-order valence-electron chi connectivity index (χ0n) is 6.72. The van der Waals surface area contributed by atoms with E-state index in [2.05, 4.69) is 6.07 Å². The normalized spacial score (nSPS) is 8.55. The van der Waals surface area contributed by atoms with Gasteiger partial charge in [-0.2, -0.15) is 6.07 Å². The van der Waals surface area contributed by atoms with Crippen molar-refractivity contribution in [1.29, 1.82) is 0 Å². The smallest absolute Gasteiger partial charge is 0.0743 e. The number of nitrogen functional groups attached to an aromatic ring is 1. The quantitative estimate of drug-likeness (QED) is 0.578. The summed E-state index contributed by atoms with van der Waals surface area (Å²) in [7, 11) is 1.60. The average molecular weight is 225 g/mol. The molecule has 2 N–H and O–H groups in total. The van der Waals surface area contributed by atoms with Gasteiger partial charge in [-0.25, -0.2) is 0 Å². The molecule has 3 heteroatoms. The monoisotopic (exact) mass is 225 g/mol. The molecule has 0 aliphatic carbocycles. The van der Waals surface area contributed by atoms with Gasteiger partial charge in [0.05, 0.1) is 7.11 Å². The molecule has 0 spiro atoms. The first kappa shape index (κ1) is 10.9. The Morgan fingerprint density at radius 2 is 2.18 bits per heavy atom. The number of nitrogens with two attached hydrogens (primary N) is 1. The maximum absolute atomic E-state index is 5.60. The Hall–Kier alpha value is -0.0761. The standard InChI is InChI=1S/C8H10NO.Y/c1-6-3-4-7(10-2)5-8(6)9;/h3,5H,9H2,1-2H3;/q-1;. The number of methoxy groups -OCH3 is 1. The van der Waals surface area contributed by atoms with Gasteiger partial charge in [-0.15, -0.1) is 17.7 Å². The van der Waals surface area contributed by atoms with Crippen LogP contribution in [0.4, 0.5) is 5.69 Å². The Morgan fingerprint density at radius 1 is 1.55 bits per heavy atom. The molecule has 0 saturated heterocycles. The van der Waals surface area contributed by atoms with Crippen LogP contribution in [-0.2, 0) is 32.7 Å². The van der Waals surface area contributed by atoms with Gasteiger partial charge in [-0.3, -0.25) is 0 Å². The zero-order valence-corrected chi connectivity index (χ0v) is 9.56. The zero-order chi connectivity index (χ0) is 7.56. The van der Waals surface area contributed by atoms with E-state index >= 15 is 0 Å². The van der Waals surface area contributed by atoms with Gasteiger partial charge in [0.1, 0.15) is 0 Å². The number of ether oxygens (including phenoxy) is 1. The van der Waals surface area contributed by atoms with Crippen molar-refractivity contribution in [2.75, 3.05) is 12.8 Å². The van der Waals surface area contributed by atoms with Crippen LogP contribution in [0.3, 0.4) is 0 Å². The maximum Gasteiger partial charge on any atom is 0.0743 e. The van der Waals surface area contributed by atoms with Gasteiger partial charge in [0, 0.05) is 38.5 Å². The Morgan fingerprint density at radius 3 is 2.64 bits per heavy atom. The molecule has 0 aromatic heterocycles. The summed E-state index contributed by atoms with van der Waals surface area (Å²) in [5.41, 5.74) is 7.37. The van der Waals surface area contributed by atoms with Crippen molar-refractivity contribution in [1.82, 2.24) is 0 Å². The Kier molecular flexibility index (Phi) is 4.70. The van der Waals surface area contributed by atoms with Crippen LogP contribution in [0.2, 0.25) is 0 Å². The summed E-state index contributed by atoms with van der Waals surface area (Å²) < 4.78 is 4.91. The molecular formula is C8H10NOY-. The third-order valence-electron chi connectivity index (χ3n) is 1.39. The fourth-order valence-corrected chi connectivity index (χ4v) is 0.677. The molecule has 0 saturated carbocycles. The summed E-state index contributed by atoms with van der Waals surface area (Å²) in [6.45, 7) is 1.94. The van der Waals surface area contributed by atoms with Crippen LogP contribution in [0.25, 0.3) is 0 Å². The van der Waals surface area contributed by atoms with E-state index in [-0.39, 0.29) is 32.7 Å². The van der Waals surface area contributed by atoms with E-state index in [1.807, 2.05) is 13.0 Å². The van der Waals surface area contributed by atoms with E-state index in [0.29, 0.717) is 5.75 Å². The third kappa shape index (κ3) is 2.80. The second-order valence-corrected chi connectivity index (χ2v) is 2.14. The van der Waals surface area contributed by atoms with E-state index in [9.17, 15) is 0 Å². The van der Waals surface area contributed by atoms with E-state index in [1.54, 1.807) is 13.2 Å². The Labute approximate surface area is 92.0 Å². The largest absolute Gasteiger partial charge is 0.523 e. The van der Waals surface area contributed by atoms with Crippen LogP contribution in [0.15, 0.2) is 12.1 Å². The number of aryl methyl sites for hydroxylation is 1.